The van der Waals surface area contributed by atoms with Crippen molar-refractivity contribution in [3.05, 3.63) is 23.7 Å². The fraction of sp³-hybridized carbons (Fsp3) is 0.444. The van der Waals surface area contributed by atoms with Gasteiger partial charge in [0.2, 0.25) is 6.29 Å². The summed E-state index contributed by atoms with van der Waals surface area (Å²) >= 11 is 0. The van der Waals surface area contributed by atoms with E-state index in [4.69, 9.17) is 9.47 Å². The second kappa shape index (κ2) is 2.80. The van der Waals surface area contributed by atoms with Crippen LogP contribution < -0.4 is 0 Å². The largest absolute Gasteiger partial charge is 0.468 e. The Balaban J connectivity index is 2.18. The summed E-state index contributed by atoms with van der Waals surface area (Å²) in [6, 6.07) is 0. The molecule has 4 heteroatoms. The van der Waals surface area contributed by atoms with E-state index in [0.29, 0.717) is 11.5 Å². The zero-order valence-electron chi connectivity index (χ0n) is 7.44. The molecular formula is C9H10O4. The molecular weight excluding hydrogens is 172 g/mol. The molecule has 2 rings (SSSR count). The summed E-state index contributed by atoms with van der Waals surface area (Å²) in [5.41, 5.74) is 0. The molecule has 0 aromatic heterocycles. The van der Waals surface area contributed by atoms with Gasteiger partial charge in [0.1, 0.15) is 5.92 Å². The first-order valence-corrected chi connectivity index (χ1v) is 4.06. The first-order chi connectivity index (χ1) is 6.22. The maximum Gasteiger partial charge on any atom is 0.320 e. The number of methoxy groups -OCH3 is 1. The molecule has 0 bridgehead atoms. The van der Waals surface area contributed by atoms with Gasteiger partial charge in [0.05, 0.1) is 7.11 Å². The third-order valence-corrected chi connectivity index (χ3v) is 2.01. The molecule has 1 aliphatic heterocycles. The van der Waals surface area contributed by atoms with Gasteiger partial charge in [0.15, 0.2) is 11.5 Å². The number of rotatable bonds is 1. The summed E-state index contributed by atoms with van der Waals surface area (Å²) in [5, 5.41) is 0. The van der Waals surface area contributed by atoms with Crippen molar-refractivity contribution in [3.63, 3.8) is 0 Å². The molecule has 0 saturated carbocycles. The van der Waals surface area contributed by atoms with Crippen LogP contribution in [0.4, 0.5) is 0 Å². The van der Waals surface area contributed by atoms with E-state index in [0.717, 1.165) is 0 Å². The lowest BCUT2D eigenvalue weighted by atomic mass is 10.1. The first kappa shape index (κ1) is 8.16. The molecule has 2 atom stereocenters. The maximum atomic E-state index is 11.2. The molecule has 0 fully saturated rings. The van der Waals surface area contributed by atoms with Crippen molar-refractivity contribution in [1.82, 2.24) is 0 Å². The molecule has 0 aromatic carbocycles. The molecule has 0 spiro atoms. The number of carbonyl (C=O) groups is 1. The molecule has 4 nitrogen and oxygen atoms in total. The second-order valence-corrected chi connectivity index (χ2v) is 2.89. The Kier molecular flexibility index (Phi) is 1.76. The van der Waals surface area contributed by atoms with Crippen LogP contribution in [0.5, 0.6) is 0 Å². The van der Waals surface area contributed by atoms with Crippen LogP contribution in [0.1, 0.15) is 6.92 Å². The summed E-state index contributed by atoms with van der Waals surface area (Å²) in [7, 11) is 1.36. The molecule has 2 unspecified atom stereocenters. The highest BCUT2D eigenvalue weighted by atomic mass is 16.7. The monoisotopic (exact) mass is 182 g/mol. The average Bonchev–Trinajstić information content (AvgIpc) is 2.61. The van der Waals surface area contributed by atoms with Gasteiger partial charge >= 0.3 is 5.97 Å². The molecule has 13 heavy (non-hydrogen) atoms. The standard InChI is InChI=1S/C9H10O4/c1-5-12-7-4-3-6(8(7)13-5)9(10)11-2/h3-6H,1-2H3. The van der Waals surface area contributed by atoms with Crippen LogP contribution in [-0.2, 0) is 19.0 Å². The third-order valence-electron chi connectivity index (χ3n) is 2.01. The van der Waals surface area contributed by atoms with Crippen molar-refractivity contribution in [3.8, 4) is 0 Å². The van der Waals surface area contributed by atoms with E-state index in [1.54, 1.807) is 19.1 Å². The Morgan fingerprint density at radius 1 is 1.54 bits per heavy atom. The highest BCUT2D eigenvalue weighted by Gasteiger charge is 2.36. The van der Waals surface area contributed by atoms with Gasteiger partial charge in [0.25, 0.3) is 0 Å². The van der Waals surface area contributed by atoms with Crippen molar-refractivity contribution in [2.24, 2.45) is 5.92 Å². The van der Waals surface area contributed by atoms with Crippen molar-refractivity contribution in [2.45, 2.75) is 13.2 Å². The van der Waals surface area contributed by atoms with Gasteiger partial charge in [-0.15, -0.1) is 0 Å². The molecule has 0 saturated heterocycles. The summed E-state index contributed by atoms with van der Waals surface area (Å²) in [5.74, 6) is 0.464. The van der Waals surface area contributed by atoms with Gasteiger partial charge in [-0.25, -0.2) is 0 Å². The van der Waals surface area contributed by atoms with Crippen LogP contribution in [0.2, 0.25) is 0 Å². The summed E-state index contributed by atoms with van der Waals surface area (Å²) < 4.78 is 15.2. The van der Waals surface area contributed by atoms with E-state index in [1.165, 1.54) is 7.11 Å². The van der Waals surface area contributed by atoms with Crippen molar-refractivity contribution in [2.75, 3.05) is 7.11 Å². The van der Waals surface area contributed by atoms with Gasteiger partial charge in [0, 0.05) is 6.92 Å². The Morgan fingerprint density at radius 3 is 3.00 bits per heavy atom. The summed E-state index contributed by atoms with van der Waals surface area (Å²) in [6.07, 6.45) is 3.14. The van der Waals surface area contributed by atoms with Gasteiger partial charge < -0.3 is 14.2 Å². The fourth-order valence-electron chi connectivity index (χ4n) is 1.43. The minimum absolute atomic E-state index is 0.304. The highest BCUT2D eigenvalue weighted by Crippen LogP contribution is 2.34. The van der Waals surface area contributed by atoms with E-state index in [9.17, 15) is 4.79 Å². The number of carbonyl (C=O) groups excluding carboxylic acids is 1. The molecule has 0 N–H and O–H groups in total. The predicted molar refractivity (Wildman–Crippen MR) is 43.3 cm³/mol. The third kappa shape index (κ3) is 1.18. The predicted octanol–water partition coefficient (Wildman–Crippen LogP) is 0.950. The Bertz CT molecular complexity index is 303. The molecule has 0 amide bonds. The topological polar surface area (TPSA) is 44.8 Å². The molecule has 1 heterocycles. The number of allylic oxidation sites excluding steroid dienone is 1. The van der Waals surface area contributed by atoms with E-state index in [-0.39, 0.29) is 12.3 Å². The molecule has 70 valence electrons. The Labute approximate surface area is 75.8 Å². The lowest BCUT2D eigenvalue weighted by Gasteiger charge is -2.10. The smallest absolute Gasteiger partial charge is 0.320 e. The Morgan fingerprint density at radius 2 is 2.31 bits per heavy atom. The van der Waals surface area contributed by atoms with Crippen molar-refractivity contribution >= 4 is 5.97 Å². The van der Waals surface area contributed by atoms with Gasteiger partial charge in [-0.1, -0.05) is 6.08 Å². The number of hydrogen-bond donors (Lipinski definition) is 0. The number of esters is 1. The summed E-state index contributed by atoms with van der Waals surface area (Å²) in [4.78, 5) is 11.2. The van der Waals surface area contributed by atoms with Crippen LogP contribution in [0.25, 0.3) is 0 Å². The zero-order valence-corrected chi connectivity index (χ0v) is 7.44. The van der Waals surface area contributed by atoms with Gasteiger partial charge in [-0.05, 0) is 6.08 Å². The van der Waals surface area contributed by atoms with Crippen molar-refractivity contribution in [1.29, 1.82) is 0 Å². The second-order valence-electron chi connectivity index (χ2n) is 2.89. The van der Waals surface area contributed by atoms with Gasteiger partial charge in [-0.2, -0.15) is 0 Å². The first-order valence-electron chi connectivity index (χ1n) is 4.06. The molecule has 1 aliphatic carbocycles. The fourth-order valence-corrected chi connectivity index (χ4v) is 1.43. The lowest BCUT2D eigenvalue weighted by molar-refractivity contribution is -0.144. The van der Waals surface area contributed by atoms with E-state index in [1.807, 2.05) is 0 Å². The average molecular weight is 182 g/mol. The molecule has 0 radical (unpaired) electrons. The van der Waals surface area contributed by atoms with E-state index < -0.39 is 5.92 Å². The minimum atomic E-state index is -0.426. The van der Waals surface area contributed by atoms with E-state index >= 15 is 0 Å². The van der Waals surface area contributed by atoms with Crippen LogP contribution in [0, 0.1) is 5.92 Å². The quantitative estimate of drug-likeness (QED) is 0.566. The Hall–Kier alpha value is -1.45. The van der Waals surface area contributed by atoms with Crippen LogP contribution in [0.3, 0.4) is 0 Å². The van der Waals surface area contributed by atoms with Crippen LogP contribution in [-0.4, -0.2) is 19.4 Å². The maximum absolute atomic E-state index is 11.2. The lowest BCUT2D eigenvalue weighted by Crippen LogP contribution is -2.16. The molecule has 0 aromatic rings. The SMILES string of the molecule is COC(=O)C1C=CC2=C1OC(C)O2. The van der Waals surface area contributed by atoms with Gasteiger partial charge in [-0.3, -0.25) is 4.79 Å². The number of hydrogen-bond acceptors (Lipinski definition) is 4. The molecule has 2 aliphatic rings. The normalized spacial score (nSPS) is 29.7. The van der Waals surface area contributed by atoms with Crippen LogP contribution in [0.15, 0.2) is 23.7 Å². The van der Waals surface area contributed by atoms with E-state index in [2.05, 4.69) is 4.74 Å². The summed E-state index contributed by atoms with van der Waals surface area (Å²) in [6.45, 7) is 1.78. The number of ether oxygens (including phenoxy) is 3. The highest BCUT2D eigenvalue weighted by molar-refractivity contribution is 5.79. The van der Waals surface area contributed by atoms with Crippen molar-refractivity contribution < 1.29 is 19.0 Å². The van der Waals surface area contributed by atoms with Crippen LogP contribution >= 0.6 is 0 Å². The minimum Gasteiger partial charge on any atom is -0.468 e. The zero-order chi connectivity index (χ0) is 9.42.